The lowest BCUT2D eigenvalue weighted by molar-refractivity contribution is 0.0628. The van der Waals surface area contributed by atoms with Gasteiger partial charge < -0.3 is 19.8 Å². The van der Waals surface area contributed by atoms with Crippen molar-refractivity contribution in [3.63, 3.8) is 0 Å². The molecule has 6 heteroatoms. The molecule has 3 rings (SSSR count). The Bertz CT molecular complexity index is 836. The minimum atomic E-state index is -0.206. The van der Waals surface area contributed by atoms with Crippen LogP contribution in [0, 0.1) is 0 Å². The van der Waals surface area contributed by atoms with Crippen molar-refractivity contribution in [3.8, 4) is 5.75 Å². The maximum Gasteiger partial charge on any atom is 0.318 e. The van der Waals surface area contributed by atoms with Crippen molar-refractivity contribution in [2.75, 3.05) is 20.2 Å². The maximum absolute atomic E-state index is 12.6. The van der Waals surface area contributed by atoms with E-state index < -0.39 is 0 Å². The quantitative estimate of drug-likeness (QED) is 0.713. The van der Waals surface area contributed by atoms with Gasteiger partial charge in [-0.15, -0.1) is 6.58 Å². The Hall–Kier alpha value is -3.28. The normalized spacial score (nSPS) is 15.3. The Morgan fingerprint density at radius 1 is 1.29 bits per heavy atom. The molecular formula is C22H25N3O3. The molecule has 0 saturated carbocycles. The van der Waals surface area contributed by atoms with Gasteiger partial charge in [0.25, 0.3) is 0 Å². The van der Waals surface area contributed by atoms with E-state index in [0.717, 1.165) is 22.6 Å². The van der Waals surface area contributed by atoms with E-state index in [9.17, 15) is 4.79 Å². The molecule has 6 nitrogen and oxygen atoms in total. The van der Waals surface area contributed by atoms with E-state index in [-0.39, 0.29) is 12.1 Å². The molecule has 0 radical (unpaired) electrons. The predicted molar refractivity (Wildman–Crippen MR) is 109 cm³/mol. The van der Waals surface area contributed by atoms with E-state index in [4.69, 9.17) is 9.57 Å². The molecule has 1 aliphatic rings. The minimum Gasteiger partial charge on any atom is -0.496 e. The molecule has 0 aliphatic carbocycles. The Morgan fingerprint density at radius 3 is 2.79 bits per heavy atom. The SMILES string of the molecule is C=CCN(C[C@@H]1CC(c2ccccc2OC)=NO1)C(=O)NCc1ccccc1. The van der Waals surface area contributed by atoms with Crippen LogP contribution in [0.3, 0.4) is 0 Å². The first kappa shape index (κ1) is 19.5. The van der Waals surface area contributed by atoms with Crippen molar-refractivity contribution in [2.24, 2.45) is 5.16 Å². The van der Waals surface area contributed by atoms with Crippen LogP contribution >= 0.6 is 0 Å². The fourth-order valence-electron chi connectivity index (χ4n) is 3.10. The number of methoxy groups -OCH3 is 1. The van der Waals surface area contributed by atoms with Gasteiger partial charge in [-0.1, -0.05) is 53.7 Å². The lowest BCUT2D eigenvalue weighted by Gasteiger charge is -2.24. The Balaban J connectivity index is 1.57. The predicted octanol–water partition coefficient (Wildman–Crippen LogP) is 3.59. The summed E-state index contributed by atoms with van der Waals surface area (Å²) in [7, 11) is 1.63. The first-order chi connectivity index (χ1) is 13.7. The first-order valence-corrected chi connectivity index (χ1v) is 9.25. The molecular weight excluding hydrogens is 354 g/mol. The van der Waals surface area contributed by atoms with Crippen LogP contribution in [-0.4, -0.2) is 42.9 Å². The number of rotatable bonds is 8. The fourth-order valence-corrected chi connectivity index (χ4v) is 3.10. The third kappa shape index (κ3) is 4.91. The number of hydrogen-bond donors (Lipinski definition) is 1. The Kier molecular flexibility index (Phi) is 6.68. The lowest BCUT2D eigenvalue weighted by Crippen LogP contribution is -2.43. The van der Waals surface area contributed by atoms with Crippen molar-refractivity contribution >= 4 is 11.7 Å². The van der Waals surface area contributed by atoms with Gasteiger partial charge in [-0.2, -0.15) is 0 Å². The molecule has 28 heavy (non-hydrogen) atoms. The third-order valence-corrected chi connectivity index (χ3v) is 4.50. The van der Waals surface area contributed by atoms with E-state index in [1.54, 1.807) is 18.1 Å². The lowest BCUT2D eigenvalue weighted by atomic mass is 10.0. The zero-order valence-electron chi connectivity index (χ0n) is 16.0. The van der Waals surface area contributed by atoms with Crippen molar-refractivity contribution in [1.82, 2.24) is 10.2 Å². The Morgan fingerprint density at radius 2 is 2.04 bits per heavy atom. The minimum absolute atomic E-state index is 0.155. The molecule has 146 valence electrons. The number of benzene rings is 2. The fraction of sp³-hybridized carbons (Fsp3) is 0.273. The molecule has 0 bridgehead atoms. The Labute approximate surface area is 165 Å². The maximum atomic E-state index is 12.6. The van der Waals surface area contributed by atoms with Crippen molar-refractivity contribution in [3.05, 3.63) is 78.4 Å². The topological polar surface area (TPSA) is 63.2 Å². The summed E-state index contributed by atoms with van der Waals surface area (Å²) in [6.45, 7) is 5.09. The monoisotopic (exact) mass is 379 g/mol. The molecule has 1 aliphatic heterocycles. The standard InChI is InChI=1S/C22H25N3O3/c1-3-13-25(22(26)23-15-17-9-5-4-6-10-17)16-18-14-20(24-28-18)19-11-7-8-12-21(19)27-2/h3-12,18H,1,13-16H2,2H3,(H,23,26)/t18-/m0/s1. The second-order valence-electron chi connectivity index (χ2n) is 6.51. The highest BCUT2D eigenvalue weighted by atomic mass is 16.6. The summed E-state index contributed by atoms with van der Waals surface area (Å²) in [6.07, 6.45) is 2.11. The molecule has 2 amide bonds. The van der Waals surface area contributed by atoms with Crippen LogP contribution in [0.1, 0.15) is 17.5 Å². The van der Waals surface area contributed by atoms with Crippen LogP contribution in [0.4, 0.5) is 4.79 Å². The largest absolute Gasteiger partial charge is 0.496 e. The third-order valence-electron chi connectivity index (χ3n) is 4.50. The van der Waals surface area contributed by atoms with Gasteiger partial charge in [-0.05, 0) is 17.7 Å². The smallest absolute Gasteiger partial charge is 0.318 e. The number of para-hydroxylation sites is 1. The number of nitrogens with one attached hydrogen (secondary N) is 1. The van der Waals surface area contributed by atoms with Gasteiger partial charge in [-0.25, -0.2) is 4.79 Å². The summed E-state index contributed by atoms with van der Waals surface area (Å²) < 4.78 is 5.40. The van der Waals surface area contributed by atoms with E-state index in [0.29, 0.717) is 26.1 Å². The number of ether oxygens (including phenoxy) is 1. The zero-order chi connectivity index (χ0) is 19.8. The van der Waals surface area contributed by atoms with Crippen LogP contribution in [0.2, 0.25) is 0 Å². The molecule has 1 heterocycles. The van der Waals surface area contributed by atoms with E-state index in [2.05, 4.69) is 17.1 Å². The van der Waals surface area contributed by atoms with Gasteiger partial charge in [0.15, 0.2) is 6.10 Å². The molecule has 1 N–H and O–H groups in total. The van der Waals surface area contributed by atoms with Gasteiger partial charge in [-0.3, -0.25) is 0 Å². The molecule has 2 aromatic carbocycles. The average Bonchev–Trinajstić information content (AvgIpc) is 3.21. The van der Waals surface area contributed by atoms with Gasteiger partial charge in [0, 0.05) is 25.1 Å². The van der Waals surface area contributed by atoms with Crippen LogP contribution in [0.25, 0.3) is 0 Å². The summed E-state index contributed by atoms with van der Waals surface area (Å²) in [4.78, 5) is 19.9. The highest BCUT2D eigenvalue weighted by molar-refractivity contribution is 6.03. The van der Waals surface area contributed by atoms with Gasteiger partial charge >= 0.3 is 6.03 Å². The number of carbonyl (C=O) groups excluding carboxylic acids is 1. The van der Waals surface area contributed by atoms with E-state index >= 15 is 0 Å². The number of amides is 2. The second kappa shape index (κ2) is 9.60. The summed E-state index contributed by atoms with van der Waals surface area (Å²) in [5.41, 5.74) is 2.79. The van der Waals surface area contributed by atoms with Crippen LogP contribution in [0.5, 0.6) is 5.75 Å². The molecule has 1 atom stereocenters. The van der Waals surface area contributed by atoms with Crippen molar-refractivity contribution < 1.29 is 14.4 Å². The van der Waals surface area contributed by atoms with Gasteiger partial charge in [0.1, 0.15) is 5.75 Å². The molecule has 0 spiro atoms. The average molecular weight is 379 g/mol. The van der Waals surface area contributed by atoms with Gasteiger partial charge in [0.2, 0.25) is 0 Å². The second-order valence-corrected chi connectivity index (χ2v) is 6.51. The molecule has 0 aromatic heterocycles. The first-order valence-electron chi connectivity index (χ1n) is 9.25. The van der Waals surface area contributed by atoms with Crippen molar-refractivity contribution in [2.45, 2.75) is 19.1 Å². The summed E-state index contributed by atoms with van der Waals surface area (Å²) >= 11 is 0. The van der Waals surface area contributed by atoms with E-state index in [1.165, 1.54) is 0 Å². The summed E-state index contributed by atoms with van der Waals surface area (Å²) in [5.74, 6) is 0.758. The van der Waals surface area contributed by atoms with Crippen LogP contribution in [-0.2, 0) is 11.4 Å². The number of nitrogens with zero attached hydrogens (tertiary/aromatic N) is 2. The van der Waals surface area contributed by atoms with Crippen LogP contribution < -0.4 is 10.1 Å². The van der Waals surface area contributed by atoms with Crippen LogP contribution in [0.15, 0.2) is 72.4 Å². The molecule has 0 fully saturated rings. The number of oxime groups is 1. The molecule has 2 aromatic rings. The summed E-state index contributed by atoms with van der Waals surface area (Å²) in [6, 6.07) is 17.4. The number of urea groups is 1. The van der Waals surface area contributed by atoms with Gasteiger partial charge in [0.05, 0.1) is 19.4 Å². The number of carbonyl (C=O) groups is 1. The molecule has 0 saturated heterocycles. The highest BCUT2D eigenvalue weighted by Gasteiger charge is 2.27. The van der Waals surface area contributed by atoms with E-state index in [1.807, 2.05) is 54.6 Å². The highest BCUT2D eigenvalue weighted by Crippen LogP contribution is 2.24. The zero-order valence-corrected chi connectivity index (χ0v) is 16.0. The van der Waals surface area contributed by atoms with Crippen molar-refractivity contribution in [1.29, 1.82) is 0 Å². The molecule has 0 unspecified atom stereocenters. The number of hydrogen-bond acceptors (Lipinski definition) is 4. The summed E-state index contributed by atoms with van der Waals surface area (Å²) in [5, 5.41) is 7.16.